The van der Waals surface area contributed by atoms with Crippen molar-refractivity contribution in [3.63, 3.8) is 0 Å². The molecule has 1 nitrogen and oxygen atoms in total. The van der Waals surface area contributed by atoms with Crippen LogP contribution in [0.2, 0.25) is 0 Å². The molecule has 0 saturated carbocycles. The minimum absolute atomic E-state index is 0.449. The number of benzene rings is 1. The van der Waals surface area contributed by atoms with Gasteiger partial charge in [0.1, 0.15) is 7.85 Å². The van der Waals surface area contributed by atoms with Gasteiger partial charge in [-0.25, -0.2) is 0 Å². The third-order valence-electron chi connectivity index (χ3n) is 2.91. The molecule has 1 aliphatic heterocycles. The van der Waals surface area contributed by atoms with E-state index in [2.05, 4.69) is 30.9 Å². The van der Waals surface area contributed by atoms with Crippen molar-refractivity contribution in [2.45, 2.75) is 20.3 Å². The summed E-state index contributed by atoms with van der Waals surface area (Å²) < 4.78 is 0. The Balaban J connectivity index is 2.17. The first kappa shape index (κ1) is 9.63. The molecule has 1 heterocycles. The molecule has 2 rings (SSSR count). The topological polar surface area (TPSA) is 3.24 Å². The van der Waals surface area contributed by atoms with Crippen molar-refractivity contribution in [3.8, 4) is 0 Å². The van der Waals surface area contributed by atoms with E-state index in [1.165, 1.54) is 12.1 Å². The predicted molar refractivity (Wildman–Crippen MR) is 62.4 cm³/mol. The zero-order chi connectivity index (χ0) is 10.2. The maximum atomic E-state index is 5.77. The Morgan fingerprint density at radius 1 is 1.36 bits per heavy atom. The summed E-state index contributed by atoms with van der Waals surface area (Å²) >= 11 is 0. The molecule has 72 valence electrons. The zero-order valence-electron chi connectivity index (χ0n) is 8.96. The number of hydrogen-bond donors (Lipinski definition) is 0. The van der Waals surface area contributed by atoms with E-state index < -0.39 is 0 Å². The van der Waals surface area contributed by atoms with Crippen molar-refractivity contribution < 1.29 is 0 Å². The van der Waals surface area contributed by atoms with Crippen molar-refractivity contribution in [3.05, 3.63) is 24.3 Å². The highest BCUT2D eigenvalue weighted by Gasteiger charge is 2.28. The molecule has 0 N–H and O–H groups in total. The molecule has 1 saturated heterocycles. The molecule has 2 heteroatoms. The van der Waals surface area contributed by atoms with E-state index in [9.17, 15) is 0 Å². The Kier molecular flexibility index (Phi) is 2.30. The van der Waals surface area contributed by atoms with E-state index in [0.29, 0.717) is 5.41 Å². The van der Waals surface area contributed by atoms with Gasteiger partial charge in [0.05, 0.1) is 0 Å². The maximum Gasteiger partial charge on any atom is 0.113 e. The molecular weight excluding hydrogens is 169 g/mol. The Morgan fingerprint density at radius 2 is 2.14 bits per heavy atom. The highest BCUT2D eigenvalue weighted by Crippen LogP contribution is 2.31. The van der Waals surface area contributed by atoms with Crippen molar-refractivity contribution in [2.75, 3.05) is 18.0 Å². The zero-order valence-corrected chi connectivity index (χ0v) is 8.96. The van der Waals surface area contributed by atoms with Crippen LogP contribution in [0.25, 0.3) is 0 Å². The molecule has 0 unspecified atom stereocenters. The molecule has 0 spiro atoms. The number of anilines is 1. The summed E-state index contributed by atoms with van der Waals surface area (Å²) in [5, 5.41) is 0. The maximum absolute atomic E-state index is 5.77. The molecule has 0 bridgehead atoms. The van der Waals surface area contributed by atoms with Gasteiger partial charge < -0.3 is 4.90 Å². The van der Waals surface area contributed by atoms with Crippen LogP contribution in [0.1, 0.15) is 20.3 Å². The summed E-state index contributed by atoms with van der Waals surface area (Å²) in [6.45, 7) is 6.92. The highest BCUT2D eigenvalue weighted by molar-refractivity contribution is 6.32. The summed E-state index contributed by atoms with van der Waals surface area (Å²) in [5.74, 6) is 0. The fourth-order valence-corrected chi connectivity index (χ4v) is 2.05. The van der Waals surface area contributed by atoms with Crippen LogP contribution in [0.5, 0.6) is 0 Å². The molecule has 14 heavy (non-hydrogen) atoms. The largest absolute Gasteiger partial charge is 0.371 e. The van der Waals surface area contributed by atoms with Crippen LogP contribution in [-0.2, 0) is 0 Å². The monoisotopic (exact) mass is 185 g/mol. The summed E-state index contributed by atoms with van der Waals surface area (Å²) in [6, 6.07) is 8.15. The van der Waals surface area contributed by atoms with Gasteiger partial charge in [0.25, 0.3) is 0 Å². The van der Waals surface area contributed by atoms with Crippen molar-refractivity contribution in [1.29, 1.82) is 0 Å². The molecule has 0 amide bonds. The van der Waals surface area contributed by atoms with Gasteiger partial charge in [0, 0.05) is 18.8 Å². The van der Waals surface area contributed by atoms with Gasteiger partial charge in [0.2, 0.25) is 0 Å². The quantitative estimate of drug-likeness (QED) is 0.602. The molecule has 1 aliphatic rings. The molecular formula is C12H16BN. The molecule has 0 aliphatic carbocycles. The Bertz CT molecular complexity index is 333. The Labute approximate surface area is 87.5 Å². The lowest BCUT2D eigenvalue weighted by molar-refractivity contribution is 0.418. The Hall–Kier alpha value is -0.915. The first-order chi connectivity index (χ1) is 6.57. The van der Waals surface area contributed by atoms with E-state index in [0.717, 1.165) is 18.6 Å². The van der Waals surface area contributed by atoms with Crippen LogP contribution in [-0.4, -0.2) is 20.9 Å². The van der Waals surface area contributed by atoms with Crippen molar-refractivity contribution in [1.82, 2.24) is 0 Å². The molecule has 0 atom stereocenters. The second-order valence-electron chi connectivity index (χ2n) is 4.93. The lowest BCUT2D eigenvalue weighted by atomic mass is 9.93. The second kappa shape index (κ2) is 3.34. The normalized spacial score (nSPS) is 20.0. The van der Waals surface area contributed by atoms with Crippen LogP contribution < -0.4 is 10.4 Å². The predicted octanol–water partition coefficient (Wildman–Crippen LogP) is 1.72. The minimum atomic E-state index is 0.449. The van der Waals surface area contributed by atoms with Gasteiger partial charge in [-0.1, -0.05) is 31.4 Å². The fourth-order valence-electron chi connectivity index (χ4n) is 2.05. The SMILES string of the molecule is [B]c1cccc(N2CCC(C)(C)C2)c1. The summed E-state index contributed by atoms with van der Waals surface area (Å²) in [5.41, 5.74) is 2.56. The average Bonchev–Trinajstić information content (AvgIpc) is 2.46. The number of nitrogens with zero attached hydrogens (tertiary/aromatic N) is 1. The minimum Gasteiger partial charge on any atom is -0.371 e. The van der Waals surface area contributed by atoms with Crippen LogP contribution in [0.3, 0.4) is 0 Å². The summed E-state index contributed by atoms with van der Waals surface area (Å²) in [6.07, 6.45) is 1.27. The lowest BCUT2D eigenvalue weighted by Crippen LogP contribution is -2.23. The van der Waals surface area contributed by atoms with Crippen molar-refractivity contribution >= 4 is 19.0 Å². The van der Waals surface area contributed by atoms with Gasteiger partial charge in [-0.05, 0) is 24.0 Å². The van der Waals surface area contributed by atoms with E-state index in [1.807, 2.05) is 12.1 Å². The van der Waals surface area contributed by atoms with E-state index in [1.54, 1.807) is 0 Å². The molecule has 1 aromatic rings. The van der Waals surface area contributed by atoms with Crippen LogP contribution in [0, 0.1) is 5.41 Å². The third-order valence-corrected chi connectivity index (χ3v) is 2.91. The second-order valence-corrected chi connectivity index (χ2v) is 4.93. The van der Waals surface area contributed by atoms with Crippen LogP contribution >= 0.6 is 0 Å². The fraction of sp³-hybridized carbons (Fsp3) is 0.500. The lowest BCUT2D eigenvalue weighted by Gasteiger charge is -2.21. The van der Waals surface area contributed by atoms with Gasteiger partial charge in [-0.3, -0.25) is 0 Å². The molecule has 1 fully saturated rings. The van der Waals surface area contributed by atoms with E-state index in [4.69, 9.17) is 7.85 Å². The van der Waals surface area contributed by atoms with Gasteiger partial charge in [0.15, 0.2) is 0 Å². The Morgan fingerprint density at radius 3 is 2.71 bits per heavy atom. The molecule has 0 aromatic heterocycles. The number of hydrogen-bond acceptors (Lipinski definition) is 1. The summed E-state index contributed by atoms with van der Waals surface area (Å²) in [4.78, 5) is 2.41. The third kappa shape index (κ3) is 1.94. The molecule has 1 aromatic carbocycles. The van der Waals surface area contributed by atoms with Crippen molar-refractivity contribution in [2.24, 2.45) is 5.41 Å². The van der Waals surface area contributed by atoms with E-state index >= 15 is 0 Å². The first-order valence-corrected chi connectivity index (χ1v) is 5.17. The van der Waals surface area contributed by atoms with E-state index in [-0.39, 0.29) is 0 Å². The van der Waals surface area contributed by atoms with Gasteiger partial charge >= 0.3 is 0 Å². The summed E-state index contributed by atoms with van der Waals surface area (Å²) in [7, 11) is 5.77. The first-order valence-electron chi connectivity index (χ1n) is 5.17. The highest BCUT2D eigenvalue weighted by atomic mass is 15.2. The molecule has 2 radical (unpaired) electrons. The van der Waals surface area contributed by atoms with Crippen LogP contribution in [0.4, 0.5) is 5.69 Å². The standard InChI is InChI=1S/C12H16BN/c1-12(2)6-7-14(9-12)11-5-3-4-10(13)8-11/h3-5,8H,6-7,9H2,1-2H3. The number of rotatable bonds is 1. The van der Waals surface area contributed by atoms with Gasteiger partial charge in [-0.2, -0.15) is 0 Å². The van der Waals surface area contributed by atoms with Gasteiger partial charge in [-0.15, -0.1) is 0 Å². The smallest absolute Gasteiger partial charge is 0.113 e. The van der Waals surface area contributed by atoms with Crippen LogP contribution in [0.15, 0.2) is 24.3 Å². The average molecular weight is 185 g/mol.